The summed E-state index contributed by atoms with van der Waals surface area (Å²) >= 11 is 5.26. The molecule has 0 saturated heterocycles. The molecule has 1 N–H and O–H groups in total. The van der Waals surface area contributed by atoms with E-state index in [-0.39, 0.29) is 11.2 Å². The molecule has 3 aromatic rings. The normalized spacial score (nSPS) is 20.3. The van der Waals surface area contributed by atoms with E-state index in [0.29, 0.717) is 11.4 Å². The van der Waals surface area contributed by atoms with Gasteiger partial charge in [0.05, 0.1) is 10.9 Å². The minimum absolute atomic E-state index is 0.00372. The van der Waals surface area contributed by atoms with Crippen LogP contribution in [-0.2, 0) is 4.79 Å². The van der Waals surface area contributed by atoms with Gasteiger partial charge in [0.15, 0.2) is 6.10 Å². The van der Waals surface area contributed by atoms with Crippen molar-refractivity contribution >= 4 is 45.4 Å². The summed E-state index contributed by atoms with van der Waals surface area (Å²) in [5.41, 5.74) is 3.93. The van der Waals surface area contributed by atoms with Gasteiger partial charge >= 0.3 is 0 Å². The van der Waals surface area contributed by atoms with Crippen molar-refractivity contribution in [2.75, 3.05) is 5.32 Å². The van der Waals surface area contributed by atoms with Gasteiger partial charge in [-0.3, -0.25) is 4.79 Å². The zero-order valence-corrected chi connectivity index (χ0v) is 17.2. The van der Waals surface area contributed by atoms with Crippen molar-refractivity contribution in [3.05, 3.63) is 94.0 Å². The second-order valence-corrected chi connectivity index (χ2v) is 8.78. The molecule has 0 saturated carbocycles. The molecule has 5 heteroatoms. The summed E-state index contributed by atoms with van der Waals surface area (Å²) in [7, 11) is 0. The Hall–Kier alpha value is -2.50. The number of amides is 1. The highest BCUT2D eigenvalue weighted by Crippen LogP contribution is 2.49. The maximum Gasteiger partial charge on any atom is 0.269 e. The highest BCUT2D eigenvalue weighted by Gasteiger charge is 2.37. The molecule has 28 heavy (non-hydrogen) atoms. The number of fused-ring (bicyclic) bond motifs is 2. The molecule has 2 unspecified atom stereocenters. The largest absolute Gasteiger partial charge is 0.474 e. The van der Waals surface area contributed by atoms with Gasteiger partial charge < -0.3 is 10.1 Å². The van der Waals surface area contributed by atoms with Crippen molar-refractivity contribution in [1.29, 1.82) is 0 Å². The molecule has 2 aliphatic heterocycles. The van der Waals surface area contributed by atoms with Crippen molar-refractivity contribution in [2.45, 2.75) is 16.2 Å². The minimum Gasteiger partial charge on any atom is -0.474 e. The van der Waals surface area contributed by atoms with Gasteiger partial charge in [0.25, 0.3) is 5.91 Å². The quantitative estimate of drug-likeness (QED) is 0.515. The van der Waals surface area contributed by atoms with Crippen molar-refractivity contribution in [2.24, 2.45) is 0 Å². The summed E-state index contributed by atoms with van der Waals surface area (Å²) in [6.07, 6.45) is 1.45. The van der Waals surface area contributed by atoms with Crippen LogP contribution in [0, 0.1) is 0 Å². The standard InChI is InChI=1S/C23H16BrNO2S/c24-16-11-9-14(10-12-16)22-17(13-15-5-1-4-8-20(15)28-22)21-23(26)25-18-6-2-3-7-19(18)27-21/h1-13,21-22H,(H,25,26). The van der Waals surface area contributed by atoms with E-state index in [2.05, 4.69) is 51.6 Å². The lowest BCUT2D eigenvalue weighted by Gasteiger charge is -2.33. The molecule has 0 radical (unpaired) electrons. The highest BCUT2D eigenvalue weighted by molar-refractivity contribution is 9.10. The molecule has 3 aromatic carbocycles. The van der Waals surface area contributed by atoms with Crippen LogP contribution in [0.3, 0.4) is 0 Å². The molecule has 2 heterocycles. The fourth-order valence-corrected chi connectivity index (χ4v) is 5.10. The first-order valence-corrected chi connectivity index (χ1v) is 10.7. The van der Waals surface area contributed by atoms with Crippen LogP contribution in [-0.4, -0.2) is 12.0 Å². The highest BCUT2D eigenvalue weighted by atomic mass is 79.9. The Morgan fingerprint density at radius 3 is 2.54 bits per heavy atom. The number of para-hydroxylation sites is 2. The van der Waals surface area contributed by atoms with Crippen LogP contribution < -0.4 is 10.1 Å². The molecule has 1 amide bonds. The van der Waals surface area contributed by atoms with Crippen LogP contribution in [0.25, 0.3) is 6.08 Å². The molecular weight excluding hydrogens is 434 g/mol. The van der Waals surface area contributed by atoms with Gasteiger partial charge in [-0.25, -0.2) is 0 Å². The second kappa shape index (κ2) is 7.15. The van der Waals surface area contributed by atoms with Crippen LogP contribution in [0.15, 0.2) is 87.7 Å². The monoisotopic (exact) mass is 449 g/mol. The number of anilines is 1. The van der Waals surface area contributed by atoms with Gasteiger partial charge in [-0.2, -0.15) is 0 Å². The summed E-state index contributed by atoms with van der Waals surface area (Å²) < 4.78 is 7.20. The molecule has 0 fully saturated rings. The SMILES string of the molecule is O=C1Nc2ccccc2OC1C1=Cc2ccccc2SC1c1ccc(Br)cc1. The van der Waals surface area contributed by atoms with E-state index in [1.807, 2.05) is 48.5 Å². The predicted molar refractivity (Wildman–Crippen MR) is 117 cm³/mol. The number of halogens is 1. The maximum atomic E-state index is 12.9. The predicted octanol–water partition coefficient (Wildman–Crippen LogP) is 6.08. The van der Waals surface area contributed by atoms with Gasteiger partial charge in [-0.05, 0) is 53.1 Å². The molecular formula is C23H16BrNO2S. The lowest BCUT2D eigenvalue weighted by Crippen LogP contribution is -2.39. The Bertz CT molecular complexity index is 1090. The van der Waals surface area contributed by atoms with Crippen LogP contribution in [0.1, 0.15) is 16.4 Å². The molecule has 138 valence electrons. The number of thioether (sulfide) groups is 1. The van der Waals surface area contributed by atoms with Gasteiger partial charge in [0.1, 0.15) is 5.75 Å². The van der Waals surface area contributed by atoms with E-state index in [9.17, 15) is 4.79 Å². The van der Waals surface area contributed by atoms with Gasteiger partial charge in [-0.1, -0.05) is 58.4 Å². The van der Waals surface area contributed by atoms with Gasteiger partial charge in [0.2, 0.25) is 0 Å². The number of carbonyl (C=O) groups excluding carboxylic acids is 1. The van der Waals surface area contributed by atoms with E-state index in [4.69, 9.17) is 4.74 Å². The maximum absolute atomic E-state index is 12.9. The van der Waals surface area contributed by atoms with Crippen LogP contribution in [0.5, 0.6) is 5.75 Å². The molecule has 2 atom stereocenters. The smallest absolute Gasteiger partial charge is 0.269 e. The molecule has 5 rings (SSSR count). The zero-order chi connectivity index (χ0) is 19.1. The number of ether oxygens (including phenoxy) is 1. The third kappa shape index (κ3) is 3.15. The number of rotatable bonds is 2. The van der Waals surface area contributed by atoms with Crippen molar-refractivity contribution in [1.82, 2.24) is 0 Å². The zero-order valence-electron chi connectivity index (χ0n) is 14.8. The van der Waals surface area contributed by atoms with E-state index in [0.717, 1.165) is 21.2 Å². The number of nitrogens with one attached hydrogen (secondary N) is 1. The molecule has 0 spiro atoms. The van der Waals surface area contributed by atoms with Crippen molar-refractivity contribution < 1.29 is 9.53 Å². The van der Waals surface area contributed by atoms with Crippen molar-refractivity contribution in [3.8, 4) is 5.75 Å². The Balaban J connectivity index is 1.60. The molecule has 3 nitrogen and oxygen atoms in total. The van der Waals surface area contributed by atoms with Crippen molar-refractivity contribution in [3.63, 3.8) is 0 Å². The minimum atomic E-state index is -0.663. The van der Waals surface area contributed by atoms with E-state index < -0.39 is 6.10 Å². The third-order valence-corrected chi connectivity index (χ3v) is 6.83. The average molecular weight is 450 g/mol. The lowest BCUT2D eigenvalue weighted by molar-refractivity contribution is -0.122. The number of hydrogen-bond donors (Lipinski definition) is 1. The second-order valence-electron chi connectivity index (χ2n) is 6.71. The Morgan fingerprint density at radius 1 is 0.929 bits per heavy atom. The fourth-order valence-electron chi connectivity index (χ4n) is 3.54. The summed E-state index contributed by atoms with van der Waals surface area (Å²) in [6.45, 7) is 0. The van der Waals surface area contributed by atoms with E-state index in [1.165, 1.54) is 4.90 Å². The van der Waals surface area contributed by atoms with Crippen LogP contribution in [0.2, 0.25) is 0 Å². The van der Waals surface area contributed by atoms with Gasteiger partial charge in [0, 0.05) is 9.37 Å². The summed E-state index contributed by atoms with van der Waals surface area (Å²) in [5.74, 6) is 0.568. The molecule has 0 aliphatic carbocycles. The first kappa shape index (κ1) is 17.6. The van der Waals surface area contributed by atoms with Gasteiger partial charge in [-0.15, -0.1) is 11.8 Å². The van der Waals surface area contributed by atoms with Crippen LogP contribution in [0.4, 0.5) is 5.69 Å². The first-order chi connectivity index (χ1) is 13.7. The summed E-state index contributed by atoms with van der Waals surface area (Å²) in [4.78, 5) is 14.1. The topological polar surface area (TPSA) is 38.3 Å². The number of benzene rings is 3. The summed E-state index contributed by atoms with van der Waals surface area (Å²) in [5, 5.41) is 2.99. The Labute approximate surface area is 175 Å². The van der Waals surface area contributed by atoms with E-state index in [1.54, 1.807) is 11.8 Å². The molecule has 0 aromatic heterocycles. The summed E-state index contributed by atoms with van der Waals surface area (Å²) in [6, 6.07) is 24.1. The molecule has 0 bridgehead atoms. The molecule has 2 aliphatic rings. The Kier molecular flexibility index (Phi) is 4.49. The first-order valence-electron chi connectivity index (χ1n) is 8.98. The lowest BCUT2D eigenvalue weighted by atomic mass is 9.95. The Morgan fingerprint density at radius 2 is 1.68 bits per heavy atom. The van der Waals surface area contributed by atoms with E-state index >= 15 is 0 Å². The average Bonchev–Trinajstić information content (AvgIpc) is 2.73. The number of hydrogen-bond acceptors (Lipinski definition) is 3. The number of carbonyl (C=O) groups is 1. The third-order valence-electron chi connectivity index (χ3n) is 4.89. The van der Waals surface area contributed by atoms with Crippen LogP contribution >= 0.6 is 27.7 Å². The fraction of sp³-hybridized carbons (Fsp3) is 0.0870.